The van der Waals surface area contributed by atoms with Crippen LogP contribution in [0.4, 0.5) is 0 Å². The number of rotatable bonds is 0. The average molecular weight is 296 g/mol. The summed E-state index contributed by atoms with van der Waals surface area (Å²) in [5.74, 6) is 0. The van der Waals surface area contributed by atoms with Gasteiger partial charge < -0.3 is 10.0 Å². The van der Waals surface area contributed by atoms with Crippen LogP contribution in [0.5, 0.6) is 0 Å². The minimum absolute atomic E-state index is 0.186. The molecule has 8 heteroatoms. The summed E-state index contributed by atoms with van der Waals surface area (Å²) in [4.78, 5) is 0. The lowest BCUT2D eigenvalue weighted by atomic mass is 10.3. The molecule has 1 rings (SSSR count). The molecule has 0 aliphatic heterocycles. The lowest BCUT2D eigenvalue weighted by molar-refractivity contribution is 0.448. The fourth-order valence-corrected chi connectivity index (χ4v) is 1.65. The van der Waals surface area contributed by atoms with Gasteiger partial charge in [0.2, 0.25) is 0 Å². The van der Waals surface area contributed by atoms with Crippen molar-refractivity contribution >= 4 is 65.7 Å². The van der Waals surface area contributed by atoms with Crippen molar-refractivity contribution in [3.63, 3.8) is 0 Å². The molecular weight excluding hydrogens is 292 g/mol. The number of hydrogen-bond acceptors (Lipinski definition) is 2. The third kappa shape index (κ3) is 4.03. The standard InChI is InChI=1S/C6HCl5.BH3O2/c7-2-1-3(8)5(10)6(11)4(2)9;2-1-3/h1H;1-3H. The molecule has 14 heavy (non-hydrogen) atoms. The van der Waals surface area contributed by atoms with Crippen molar-refractivity contribution in [3.8, 4) is 0 Å². The summed E-state index contributed by atoms with van der Waals surface area (Å²) in [5, 5.41) is 15.5. The van der Waals surface area contributed by atoms with Gasteiger partial charge in [0.05, 0.1) is 25.1 Å². The Balaban J connectivity index is 0.000000500. The second-order valence-corrected chi connectivity index (χ2v) is 3.87. The molecule has 0 atom stereocenters. The van der Waals surface area contributed by atoms with Crippen LogP contribution in [-0.4, -0.2) is 17.7 Å². The van der Waals surface area contributed by atoms with E-state index >= 15 is 0 Å². The zero-order valence-corrected chi connectivity index (χ0v) is 10.3. The van der Waals surface area contributed by atoms with Crippen molar-refractivity contribution in [2.45, 2.75) is 0 Å². The first-order valence-electron chi connectivity index (χ1n) is 3.15. The molecule has 1 aromatic rings. The third-order valence-corrected chi connectivity index (χ3v) is 3.20. The summed E-state index contributed by atoms with van der Waals surface area (Å²) >= 11 is 28.2. The first kappa shape index (κ1) is 14.7. The van der Waals surface area contributed by atoms with Gasteiger partial charge in [-0.15, -0.1) is 0 Å². The van der Waals surface area contributed by atoms with Crippen LogP contribution in [0.3, 0.4) is 0 Å². The Hall–Kier alpha value is 0.655. The molecule has 0 aromatic heterocycles. The third-order valence-electron chi connectivity index (χ3n) is 1.06. The van der Waals surface area contributed by atoms with Gasteiger partial charge in [0.15, 0.2) is 0 Å². The summed E-state index contributed by atoms with van der Waals surface area (Å²) in [5.41, 5.74) is 0. The van der Waals surface area contributed by atoms with E-state index in [0.29, 0.717) is 10.0 Å². The molecule has 2 N–H and O–H groups in total. The fourth-order valence-electron chi connectivity index (χ4n) is 0.544. The van der Waals surface area contributed by atoms with Gasteiger partial charge in [0.25, 0.3) is 0 Å². The molecular formula is C6H4BCl5O2. The maximum Gasteiger partial charge on any atom is 0.432 e. The number of hydrogen-bond donors (Lipinski definition) is 2. The highest BCUT2D eigenvalue weighted by molar-refractivity contribution is 6.54. The van der Waals surface area contributed by atoms with Crippen LogP contribution in [0.15, 0.2) is 6.07 Å². The maximum absolute atomic E-state index is 7.12. The van der Waals surface area contributed by atoms with E-state index in [-0.39, 0.29) is 15.1 Å². The predicted octanol–water partition coefficient (Wildman–Crippen LogP) is 3.19. The predicted molar refractivity (Wildman–Crippen MR) is 63.1 cm³/mol. The largest absolute Gasteiger partial charge is 0.432 e. The smallest absolute Gasteiger partial charge is 0.430 e. The molecule has 0 aliphatic carbocycles. The zero-order valence-electron chi connectivity index (χ0n) is 6.57. The van der Waals surface area contributed by atoms with Crippen LogP contribution in [0.25, 0.3) is 0 Å². The highest BCUT2D eigenvalue weighted by atomic mass is 35.5. The summed E-state index contributed by atoms with van der Waals surface area (Å²) in [6, 6.07) is 1.44. The lowest BCUT2D eigenvalue weighted by Crippen LogP contribution is -1.75. The molecule has 0 radical (unpaired) electrons. The SMILES string of the molecule is Clc1cc(Cl)c(Cl)c(Cl)c1Cl.OBO. The van der Waals surface area contributed by atoms with Crippen LogP contribution in [0.1, 0.15) is 0 Å². The summed E-state index contributed by atoms with van der Waals surface area (Å²) < 4.78 is 0. The van der Waals surface area contributed by atoms with E-state index < -0.39 is 7.69 Å². The van der Waals surface area contributed by atoms with E-state index in [1.165, 1.54) is 6.07 Å². The van der Waals surface area contributed by atoms with E-state index in [4.69, 9.17) is 68.1 Å². The van der Waals surface area contributed by atoms with E-state index in [0.717, 1.165) is 0 Å². The topological polar surface area (TPSA) is 40.5 Å². The van der Waals surface area contributed by atoms with E-state index in [9.17, 15) is 0 Å². The van der Waals surface area contributed by atoms with Gasteiger partial charge in [-0.2, -0.15) is 0 Å². The second kappa shape index (κ2) is 7.02. The van der Waals surface area contributed by atoms with Gasteiger partial charge in [-0.1, -0.05) is 58.0 Å². The quantitative estimate of drug-likeness (QED) is 0.438. The molecule has 0 unspecified atom stereocenters. The van der Waals surface area contributed by atoms with Crippen LogP contribution in [-0.2, 0) is 0 Å². The monoisotopic (exact) mass is 294 g/mol. The molecule has 0 heterocycles. The highest BCUT2D eigenvalue weighted by Crippen LogP contribution is 2.40. The average Bonchev–Trinajstić information content (AvgIpc) is 2.13. The molecule has 0 aliphatic rings. The van der Waals surface area contributed by atoms with Gasteiger partial charge in [0.1, 0.15) is 0 Å². The highest BCUT2D eigenvalue weighted by Gasteiger charge is 2.10. The summed E-state index contributed by atoms with van der Waals surface area (Å²) in [6.07, 6.45) is 0. The Morgan fingerprint density at radius 3 is 1.36 bits per heavy atom. The molecule has 1 aromatic carbocycles. The van der Waals surface area contributed by atoms with Crippen molar-refractivity contribution in [1.29, 1.82) is 0 Å². The van der Waals surface area contributed by atoms with Crippen LogP contribution in [0.2, 0.25) is 25.1 Å². The molecule has 0 bridgehead atoms. The van der Waals surface area contributed by atoms with Crippen molar-refractivity contribution in [2.24, 2.45) is 0 Å². The molecule has 78 valence electrons. The van der Waals surface area contributed by atoms with E-state index in [2.05, 4.69) is 0 Å². The minimum Gasteiger partial charge on any atom is -0.430 e. The Bertz CT molecular complexity index is 293. The van der Waals surface area contributed by atoms with Gasteiger partial charge >= 0.3 is 7.69 Å². The molecule has 0 fully saturated rings. The molecule has 0 spiro atoms. The molecule has 0 saturated carbocycles. The van der Waals surface area contributed by atoms with E-state index in [1.54, 1.807) is 0 Å². The summed E-state index contributed by atoms with van der Waals surface area (Å²) in [7, 11) is -0.750. The van der Waals surface area contributed by atoms with Gasteiger partial charge in [0, 0.05) is 0 Å². The number of halogens is 5. The van der Waals surface area contributed by atoms with Gasteiger partial charge in [-0.05, 0) is 6.07 Å². The molecule has 0 amide bonds. The van der Waals surface area contributed by atoms with Crippen molar-refractivity contribution in [2.75, 3.05) is 0 Å². The second-order valence-electron chi connectivity index (χ2n) is 1.92. The van der Waals surface area contributed by atoms with Gasteiger partial charge in [-0.3, -0.25) is 0 Å². The Morgan fingerprint density at radius 1 is 0.786 bits per heavy atom. The Morgan fingerprint density at radius 2 is 1.07 bits per heavy atom. The lowest BCUT2D eigenvalue weighted by Gasteiger charge is -2.02. The van der Waals surface area contributed by atoms with Crippen molar-refractivity contribution in [1.82, 2.24) is 0 Å². The number of benzene rings is 1. The fraction of sp³-hybridized carbons (Fsp3) is 0. The molecule has 0 saturated heterocycles. The van der Waals surface area contributed by atoms with Gasteiger partial charge in [-0.25, -0.2) is 0 Å². The van der Waals surface area contributed by atoms with Crippen molar-refractivity contribution in [3.05, 3.63) is 31.2 Å². The molecule has 2 nitrogen and oxygen atoms in total. The first-order chi connectivity index (χ1) is 6.45. The van der Waals surface area contributed by atoms with Crippen LogP contribution in [0, 0.1) is 0 Å². The Labute approximate surface area is 107 Å². The summed E-state index contributed by atoms with van der Waals surface area (Å²) in [6.45, 7) is 0. The zero-order chi connectivity index (χ0) is 11.3. The van der Waals surface area contributed by atoms with Crippen LogP contribution >= 0.6 is 58.0 Å². The minimum atomic E-state index is -0.750. The normalized spacial score (nSPS) is 9.07. The van der Waals surface area contributed by atoms with Crippen LogP contribution < -0.4 is 0 Å². The van der Waals surface area contributed by atoms with Crippen molar-refractivity contribution < 1.29 is 10.0 Å². The Kier molecular flexibility index (Phi) is 7.34. The first-order valence-corrected chi connectivity index (χ1v) is 5.04. The maximum atomic E-state index is 7.12. The van der Waals surface area contributed by atoms with E-state index in [1.807, 2.05) is 0 Å².